The molecular formula is C12H25NO2S. The molecule has 16 heavy (non-hydrogen) atoms. The molecule has 0 amide bonds. The molecule has 0 aliphatic heterocycles. The van der Waals surface area contributed by atoms with Gasteiger partial charge in [-0.15, -0.1) is 0 Å². The van der Waals surface area contributed by atoms with E-state index in [4.69, 9.17) is 4.74 Å². The first-order valence-corrected chi connectivity index (χ1v) is 7.32. The Bertz CT molecular complexity index is 176. The number of hydrogen-bond acceptors (Lipinski definition) is 4. The predicted molar refractivity (Wildman–Crippen MR) is 70.9 cm³/mol. The minimum Gasteiger partial charge on any atom is -0.465 e. The van der Waals surface area contributed by atoms with Crippen molar-refractivity contribution in [3.8, 4) is 0 Å². The first-order valence-electron chi connectivity index (χ1n) is 6.17. The van der Waals surface area contributed by atoms with Gasteiger partial charge >= 0.3 is 5.97 Å². The van der Waals surface area contributed by atoms with Gasteiger partial charge in [-0.3, -0.25) is 4.79 Å². The van der Waals surface area contributed by atoms with Gasteiger partial charge in [0, 0.05) is 6.04 Å². The number of esters is 1. The summed E-state index contributed by atoms with van der Waals surface area (Å²) in [6, 6.07) is 0.387. The van der Waals surface area contributed by atoms with Crippen molar-refractivity contribution < 1.29 is 9.53 Å². The number of carbonyl (C=O) groups is 1. The highest BCUT2D eigenvalue weighted by Crippen LogP contribution is 2.03. The predicted octanol–water partition coefficient (Wildman–Crippen LogP) is 2.45. The Morgan fingerprint density at radius 3 is 2.81 bits per heavy atom. The van der Waals surface area contributed by atoms with E-state index in [1.165, 1.54) is 0 Å². The van der Waals surface area contributed by atoms with E-state index in [0.717, 1.165) is 30.8 Å². The number of rotatable bonds is 10. The molecule has 0 aliphatic rings. The van der Waals surface area contributed by atoms with Gasteiger partial charge in [-0.05, 0) is 31.3 Å². The number of unbranched alkanes of at least 4 members (excludes halogenated alkanes) is 1. The molecule has 0 saturated carbocycles. The minimum atomic E-state index is -0.136. The van der Waals surface area contributed by atoms with Crippen LogP contribution >= 0.6 is 11.8 Å². The van der Waals surface area contributed by atoms with Crippen molar-refractivity contribution in [2.45, 2.75) is 46.1 Å². The monoisotopic (exact) mass is 247 g/mol. The molecule has 0 spiro atoms. The van der Waals surface area contributed by atoms with E-state index in [1.54, 1.807) is 0 Å². The Kier molecular flexibility index (Phi) is 11.1. The lowest BCUT2D eigenvalue weighted by molar-refractivity contribution is -0.142. The second-order valence-electron chi connectivity index (χ2n) is 3.84. The average Bonchev–Trinajstić information content (AvgIpc) is 2.27. The van der Waals surface area contributed by atoms with Gasteiger partial charge in [0.25, 0.3) is 0 Å². The van der Waals surface area contributed by atoms with Crippen molar-refractivity contribution in [3.63, 3.8) is 0 Å². The summed E-state index contributed by atoms with van der Waals surface area (Å²) in [6.45, 7) is 7.24. The fraction of sp³-hybridized carbons (Fsp3) is 0.917. The lowest BCUT2D eigenvalue weighted by Crippen LogP contribution is -2.32. The molecule has 1 atom stereocenters. The normalized spacial score (nSPS) is 12.4. The summed E-state index contributed by atoms with van der Waals surface area (Å²) in [5.41, 5.74) is 0. The van der Waals surface area contributed by atoms with Gasteiger partial charge in [0.05, 0.1) is 13.2 Å². The number of carbonyl (C=O) groups excluding carboxylic acids is 1. The lowest BCUT2D eigenvalue weighted by Gasteiger charge is -2.12. The van der Waals surface area contributed by atoms with E-state index >= 15 is 0 Å². The molecule has 0 saturated heterocycles. The Morgan fingerprint density at radius 2 is 2.19 bits per heavy atom. The van der Waals surface area contributed by atoms with Crippen molar-refractivity contribution >= 4 is 17.7 Å². The third kappa shape index (κ3) is 10.3. The SMILES string of the molecule is CCCCOC(=O)CNC(C)CCSCC. The third-order valence-corrected chi connectivity index (χ3v) is 3.19. The largest absolute Gasteiger partial charge is 0.465 e. The Hall–Kier alpha value is -0.220. The Balaban J connectivity index is 3.36. The fourth-order valence-electron chi connectivity index (χ4n) is 1.15. The van der Waals surface area contributed by atoms with Crippen LogP contribution in [0.25, 0.3) is 0 Å². The summed E-state index contributed by atoms with van der Waals surface area (Å²) >= 11 is 1.93. The maximum absolute atomic E-state index is 11.3. The fourth-order valence-corrected chi connectivity index (χ4v) is 1.95. The first-order chi connectivity index (χ1) is 7.70. The molecule has 0 aromatic heterocycles. The zero-order chi connectivity index (χ0) is 12.2. The van der Waals surface area contributed by atoms with E-state index in [9.17, 15) is 4.79 Å². The van der Waals surface area contributed by atoms with Gasteiger partial charge in [0.1, 0.15) is 0 Å². The van der Waals surface area contributed by atoms with Crippen LogP contribution in [-0.2, 0) is 9.53 Å². The molecule has 0 rings (SSSR count). The minimum absolute atomic E-state index is 0.136. The van der Waals surface area contributed by atoms with Gasteiger partial charge in [-0.25, -0.2) is 0 Å². The van der Waals surface area contributed by atoms with Crippen LogP contribution in [0.2, 0.25) is 0 Å². The first kappa shape index (κ1) is 15.8. The van der Waals surface area contributed by atoms with Gasteiger partial charge < -0.3 is 10.1 Å². The van der Waals surface area contributed by atoms with Crippen molar-refractivity contribution in [1.29, 1.82) is 0 Å². The molecular weight excluding hydrogens is 222 g/mol. The van der Waals surface area contributed by atoms with Gasteiger partial charge in [0.15, 0.2) is 0 Å². The van der Waals surface area contributed by atoms with Gasteiger partial charge in [0.2, 0.25) is 0 Å². The zero-order valence-electron chi connectivity index (χ0n) is 10.8. The van der Waals surface area contributed by atoms with E-state index in [2.05, 4.69) is 26.1 Å². The summed E-state index contributed by atoms with van der Waals surface area (Å²) in [7, 11) is 0. The summed E-state index contributed by atoms with van der Waals surface area (Å²) in [5.74, 6) is 2.17. The van der Waals surface area contributed by atoms with Crippen LogP contribution in [-0.4, -0.2) is 36.7 Å². The Labute approximate surface area is 104 Å². The van der Waals surface area contributed by atoms with Crippen LogP contribution in [0.1, 0.15) is 40.0 Å². The summed E-state index contributed by atoms with van der Waals surface area (Å²) in [4.78, 5) is 11.3. The number of thioether (sulfide) groups is 1. The number of ether oxygens (including phenoxy) is 1. The van der Waals surface area contributed by atoms with Crippen LogP contribution in [0.3, 0.4) is 0 Å². The maximum Gasteiger partial charge on any atom is 0.319 e. The van der Waals surface area contributed by atoms with Crippen LogP contribution in [0.5, 0.6) is 0 Å². The van der Waals surface area contributed by atoms with E-state index in [0.29, 0.717) is 19.2 Å². The van der Waals surface area contributed by atoms with E-state index < -0.39 is 0 Å². The topological polar surface area (TPSA) is 38.3 Å². The molecule has 4 heteroatoms. The second-order valence-corrected chi connectivity index (χ2v) is 5.24. The van der Waals surface area contributed by atoms with Crippen LogP contribution in [0.4, 0.5) is 0 Å². The molecule has 0 heterocycles. The second kappa shape index (κ2) is 11.3. The highest BCUT2D eigenvalue weighted by molar-refractivity contribution is 7.99. The van der Waals surface area contributed by atoms with Crippen LogP contribution in [0.15, 0.2) is 0 Å². The molecule has 0 fully saturated rings. The average molecular weight is 247 g/mol. The molecule has 3 nitrogen and oxygen atoms in total. The quantitative estimate of drug-likeness (QED) is 0.475. The Morgan fingerprint density at radius 1 is 1.44 bits per heavy atom. The van der Waals surface area contributed by atoms with Crippen molar-refractivity contribution in [1.82, 2.24) is 5.32 Å². The molecule has 0 aromatic carbocycles. The standard InChI is InChI=1S/C12H25NO2S/c1-4-6-8-15-12(14)10-13-11(3)7-9-16-5-2/h11,13H,4-10H2,1-3H3. The van der Waals surface area contributed by atoms with Gasteiger partial charge in [-0.1, -0.05) is 20.3 Å². The number of nitrogens with one attached hydrogen (secondary N) is 1. The third-order valence-electron chi connectivity index (χ3n) is 2.26. The summed E-state index contributed by atoms with van der Waals surface area (Å²) in [5, 5.41) is 3.18. The zero-order valence-corrected chi connectivity index (χ0v) is 11.6. The lowest BCUT2D eigenvalue weighted by atomic mass is 10.2. The molecule has 0 aliphatic carbocycles. The molecule has 0 aromatic rings. The van der Waals surface area contributed by atoms with Crippen molar-refractivity contribution in [3.05, 3.63) is 0 Å². The molecule has 0 bridgehead atoms. The molecule has 1 N–H and O–H groups in total. The number of hydrogen-bond donors (Lipinski definition) is 1. The van der Waals surface area contributed by atoms with Crippen molar-refractivity contribution in [2.75, 3.05) is 24.7 Å². The molecule has 96 valence electrons. The van der Waals surface area contributed by atoms with Crippen molar-refractivity contribution in [2.24, 2.45) is 0 Å². The summed E-state index contributed by atoms with van der Waals surface area (Å²) in [6.07, 6.45) is 3.11. The van der Waals surface area contributed by atoms with Crippen LogP contribution < -0.4 is 5.32 Å². The highest BCUT2D eigenvalue weighted by Gasteiger charge is 2.05. The van der Waals surface area contributed by atoms with E-state index in [1.807, 2.05) is 11.8 Å². The molecule has 1 unspecified atom stereocenters. The van der Waals surface area contributed by atoms with Crippen LogP contribution in [0, 0.1) is 0 Å². The van der Waals surface area contributed by atoms with Gasteiger partial charge in [-0.2, -0.15) is 11.8 Å². The van der Waals surface area contributed by atoms with E-state index in [-0.39, 0.29) is 5.97 Å². The summed E-state index contributed by atoms with van der Waals surface area (Å²) < 4.78 is 5.05. The molecule has 0 radical (unpaired) electrons. The maximum atomic E-state index is 11.3. The highest BCUT2D eigenvalue weighted by atomic mass is 32.2. The smallest absolute Gasteiger partial charge is 0.319 e.